The summed E-state index contributed by atoms with van der Waals surface area (Å²) in [6, 6.07) is -5.01. The number of carbonyl (C=O) groups is 4. The van der Waals surface area contributed by atoms with Crippen molar-refractivity contribution < 1.29 is 544 Å². The van der Waals surface area contributed by atoms with Crippen molar-refractivity contribution in [1.82, 2.24) is 21.3 Å². The Morgan fingerprint density at radius 3 is 0.834 bits per heavy atom. The fourth-order valence-corrected chi connectivity index (χ4v) is 14.6. The van der Waals surface area contributed by atoms with Gasteiger partial charge in [-0.1, -0.05) is 21.3 Å². The maximum Gasteiger partial charge on any atom is 1.00 e. The Morgan fingerprint density at radius 1 is 0.283 bits per heavy atom. The first kappa shape index (κ1) is 174. The van der Waals surface area contributed by atoms with Gasteiger partial charge in [-0.25, -0.2) is 67.3 Å². The van der Waals surface area contributed by atoms with Gasteiger partial charge in [0.1, 0.15) is 146 Å². The van der Waals surface area contributed by atoms with Crippen LogP contribution in [0.1, 0.15) is 61.8 Å². The second kappa shape index (κ2) is 82.9. The number of aliphatic hydroxyl groups excluding tert-OH is 20. The molecule has 8 heterocycles. The van der Waals surface area contributed by atoms with Crippen molar-refractivity contribution >= 4 is 107 Å². The van der Waals surface area contributed by atoms with E-state index in [-0.39, 0.29) is 320 Å². The third-order valence-electron chi connectivity index (χ3n) is 17.4. The van der Waals surface area contributed by atoms with Crippen molar-refractivity contribution in [2.45, 2.75) is 257 Å². The molecule has 28 N–H and O–H groups in total. The molecule has 4 amide bonds. The van der Waals surface area contributed by atoms with Crippen LogP contribution >= 0.6 is 0 Å². The Hall–Kier alpha value is 3.64. The van der Waals surface area contributed by atoms with Gasteiger partial charge in [-0.3, -0.25) is 52.6 Å². The largest absolute Gasteiger partial charge is 1.00 e. The minimum atomic E-state index is -5.38. The Bertz CT molecular complexity index is 4490. The van der Waals surface area contributed by atoms with Crippen molar-refractivity contribution in [3.8, 4) is 0 Å². The number of amides is 4. The molecule has 822 valence electrons. The van der Waals surface area contributed by atoms with Gasteiger partial charge in [-0.15, -0.1) is 0 Å². The first-order valence-electron chi connectivity index (χ1n) is 37.6. The van der Waals surface area contributed by atoms with Crippen LogP contribution in [0.5, 0.6) is 0 Å². The zero-order valence-corrected chi connectivity index (χ0v) is 101. The summed E-state index contributed by atoms with van der Waals surface area (Å²) in [5.41, 5.74) is 0. The average Bonchev–Trinajstić information content (AvgIpc) is 0.780. The van der Waals surface area contributed by atoms with E-state index in [1.807, 2.05) is 19.2 Å². The molecule has 145 heavy (non-hydrogen) atoms. The SMILES string of the molecule is C.CC.CC(=O)NC1C(O)C(OS(=O)(=O)[O-])C(CO)O[C@@H]1O.CC(=O)NC1C(O)C(OS(=O)(=O)[O-])C(COS(=O)(=O)[O-])O[C@@H]1O.CC(=O)NC1COC(CO)C(OS(=O)(=O)[O-])C1O.CC(=O)NC1COC(COS(=O)(=O)[O-])C(OS(=O)(=O)[O-])C1O.O.O.O=S(=O)([O-])OC[C@@H]1OCC(O)C(O)C1O.O=S(=O)([O-])OC[C@H]1CC(O)C(O)CO1.OC[C@@H]1OCC(O)C(O)C1O.OC[C@H]1CC(O)C(O)CO1.[Na+].[Na+].[Na+].[Na+].[Na+].[Na+].[Na+].[Na+]. The van der Waals surface area contributed by atoms with Gasteiger partial charge in [0.05, 0.1) is 129 Å². The Labute approximate surface area is 1010 Å². The Morgan fingerprint density at radius 2 is 0.531 bits per heavy atom. The third kappa shape index (κ3) is 74.1. The van der Waals surface area contributed by atoms with Gasteiger partial charge in [0.2, 0.25) is 107 Å². The van der Waals surface area contributed by atoms with Crippen LogP contribution in [0.3, 0.4) is 0 Å². The number of carbonyl (C=O) groups excluding carboxylic acids is 4. The van der Waals surface area contributed by atoms with Gasteiger partial charge in [-0.2, -0.15) is 0 Å². The zero-order valence-electron chi connectivity index (χ0n) is 79.0. The molecule has 0 aromatic carbocycles. The number of rotatable bonds is 28. The van der Waals surface area contributed by atoms with Gasteiger partial charge < -0.3 is 209 Å². The molecule has 0 aromatic heterocycles. The second-order valence-corrected chi connectivity index (χ2v) is 36.0. The molecule has 8 aliphatic heterocycles. The molecule has 0 radical (unpaired) electrons. The molecule has 8 fully saturated rings. The number of nitrogens with one attached hydrogen (secondary N) is 4. The molecule has 8 rings (SSSR count). The minimum Gasteiger partial charge on any atom is -0.726 e. The van der Waals surface area contributed by atoms with Gasteiger partial charge in [0, 0.05) is 40.5 Å². The van der Waals surface area contributed by atoms with Crippen LogP contribution in [0.25, 0.3) is 0 Å². The van der Waals surface area contributed by atoms with Gasteiger partial charge in [0.25, 0.3) is 0 Å². The van der Waals surface area contributed by atoms with E-state index in [0.29, 0.717) is 6.42 Å². The monoisotopic (exact) mass is 2370 g/mol. The molecule has 0 bridgehead atoms. The van der Waals surface area contributed by atoms with E-state index in [9.17, 15) is 164 Å². The molecular formula is C59H114N4Na8O66S8. The van der Waals surface area contributed by atoms with Crippen LogP contribution in [0.15, 0.2) is 0 Å². The normalized spacial score (nSPS) is 32.2. The molecule has 0 aliphatic carbocycles. The Kier molecular flexibility index (Phi) is 99.3. The van der Waals surface area contributed by atoms with Crippen LogP contribution < -0.4 is 258 Å². The van der Waals surface area contributed by atoms with Gasteiger partial charge in [0.15, 0.2) is 12.6 Å². The van der Waals surface area contributed by atoms with Crippen molar-refractivity contribution in [2.75, 3.05) is 92.5 Å². The van der Waals surface area contributed by atoms with Crippen LogP contribution in [0.4, 0.5) is 0 Å². The summed E-state index contributed by atoms with van der Waals surface area (Å²) in [6.45, 7) is 2.48. The molecule has 32 atom stereocenters. The van der Waals surface area contributed by atoms with Gasteiger partial charge >= 0.3 is 236 Å². The fraction of sp³-hybridized carbons (Fsp3) is 0.932. The van der Waals surface area contributed by atoms with E-state index in [4.69, 9.17) is 99.2 Å². The predicted octanol–water partition coefficient (Wildman–Crippen LogP) is -47.1. The van der Waals surface area contributed by atoms with E-state index in [2.05, 4.69) is 49.4 Å². The fourth-order valence-electron chi connectivity index (χ4n) is 11.3. The summed E-state index contributed by atoms with van der Waals surface area (Å²) in [4.78, 5) is 43.7. The van der Waals surface area contributed by atoms with Crippen molar-refractivity contribution in [3.63, 3.8) is 0 Å². The van der Waals surface area contributed by atoms with E-state index >= 15 is 0 Å². The summed E-state index contributed by atoms with van der Waals surface area (Å²) in [6.07, 6.45) is -37.5. The van der Waals surface area contributed by atoms with Crippen molar-refractivity contribution in [3.05, 3.63) is 0 Å². The Balaban J connectivity index is -0.000000139. The molecule has 8 aliphatic rings. The summed E-state index contributed by atoms with van der Waals surface area (Å²) in [7, 11) is -40.8. The molecule has 70 nitrogen and oxygen atoms in total. The third-order valence-corrected chi connectivity index (χ3v) is 20.9. The average molecular weight is 2380 g/mol. The standard InChI is InChI=1S/C8H15NO12S2.C8H15NO11S2.C8H15NO9S.C8H15NO8S.C6H12O8S.C6H12O7S.C6H12O5.C6H12O4.C2H6.CH4.8Na.2H2O/c1-3(10)9-5-6(11)7(21-23(16,17)18)4(20-8(5)12)2-19-22(13,14)15;1-4(10)9-5-2-18-6(3-19-21(12,13)14)8(7(5)11)20-22(15,16)17;1-3(11)9-5-6(12)7(18-19(14,15)16)4(2-10)17-8(5)13;1-4(11)9-5-3-16-6(2-10)8(7(5)12)17-18(13,14)15;7-3-1-13-4(6(9)5(3)8)2-14-15(10,11)12;7-5-1-4(12-3-6(5)8)2-13-14(9,10)11;7-1-4-6(10)5(9)3(8)2-11-4;7-2-4-1-5(8)6(9)3-10-4;1-2;;;;;;;;;;;/h4-8,11-12H,2H2,1H3,(H,9,10)(H,13,14,15)(H,16,17,18);5-8,11H,2-3H2,1H3,(H,9,10)(H,12,13,14)(H,15,16,17);4-8,10,12-13H,2H2,1H3,(H,9,11)(H,14,15,16);5-8,10,12H,2-3H2,1H3,(H,9,11)(H,13,14,15);3-9H,1-2H2,(H,10,11,12);4-8H,1-3H2,(H,9,10,11);3-10H,1-2H2;4-9H,1-3H2;1-2H3;1H4;;;;;;;;;2*1H2/q;;;;;;;;;;8*+1;;/p-8/t4?,5?,6?,7?,8-;;4?,5?,6?,7?,8-;;3?,4-,5?,6?;4-,5?,6?;3?,4-,5?,6?;4-,5?,6?;;;;;;;;;;;;/m0.0.0101............/s1. The first-order chi connectivity index (χ1) is 61.2. The topological polar surface area (TPSA) is 1190 Å². The van der Waals surface area contributed by atoms with E-state index in [1.54, 1.807) is 0 Å². The molecule has 0 saturated carbocycles. The molecule has 86 heteroatoms. The first-order valence-corrected chi connectivity index (χ1v) is 48.2. The maximum absolute atomic E-state index is 11.0. The van der Waals surface area contributed by atoms with Gasteiger partial charge in [-0.05, 0) is 0 Å². The zero-order chi connectivity index (χ0) is 104. The van der Waals surface area contributed by atoms with Crippen LogP contribution in [-0.2, 0) is 174 Å². The van der Waals surface area contributed by atoms with Crippen LogP contribution in [0, 0.1) is 0 Å². The maximum atomic E-state index is 11.0. The second-order valence-electron chi connectivity index (χ2n) is 27.8. The van der Waals surface area contributed by atoms with E-state index < -0.39 is 336 Å². The number of hydrogen-bond donors (Lipinski definition) is 24. The number of hydrogen-bond acceptors (Lipinski definition) is 64. The van der Waals surface area contributed by atoms with E-state index in [0.717, 1.165) is 20.8 Å². The molecular weight excluding hydrogens is 2260 g/mol. The van der Waals surface area contributed by atoms with E-state index in [1.165, 1.54) is 6.92 Å². The number of ether oxygens (including phenoxy) is 8. The predicted molar refractivity (Wildman–Crippen MR) is 418 cm³/mol. The van der Waals surface area contributed by atoms with Crippen LogP contribution in [-0.4, -0.2) is 528 Å². The quantitative estimate of drug-likeness (QED) is 0.0196. The summed E-state index contributed by atoms with van der Waals surface area (Å²) >= 11 is 0. The summed E-state index contributed by atoms with van der Waals surface area (Å²) in [5, 5.41) is 193. The molecule has 26 unspecified atom stereocenters. The molecule has 0 aromatic rings. The summed E-state index contributed by atoms with van der Waals surface area (Å²) in [5.74, 6) is -2.41. The smallest absolute Gasteiger partial charge is 0.726 e. The molecule has 0 spiro atoms. The summed E-state index contributed by atoms with van der Waals surface area (Å²) < 4.78 is 321. The van der Waals surface area contributed by atoms with Crippen molar-refractivity contribution in [2.24, 2.45) is 0 Å². The van der Waals surface area contributed by atoms with Crippen molar-refractivity contribution in [1.29, 1.82) is 0 Å². The minimum absolute atomic E-state index is 0. The number of aliphatic hydroxyl groups is 20. The molecule has 8 saturated heterocycles. The van der Waals surface area contributed by atoms with Crippen LogP contribution in [0.2, 0.25) is 0 Å².